The lowest BCUT2D eigenvalue weighted by Crippen LogP contribution is -2.33. The largest absolute Gasteiger partial charge is 0.411 e. The fourth-order valence-corrected chi connectivity index (χ4v) is 4.65. The van der Waals surface area contributed by atoms with Gasteiger partial charge in [0.1, 0.15) is 5.69 Å². The molecule has 0 radical (unpaired) electrons. The van der Waals surface area contributed by atoms with Crippen molar-refractivity contribution in [2.24, 2.45) is 5.92 Å². The lowest BCUT2D eigenvalue weighted by molar-refractivity contribution is -0.351. The molecule has 3 aromatic heterocycles. The van der Waals surface area contributed by atoms with Gasteiger partial charge in [0.2, 0.25) is 5.65 Å². The highest BCUT2D eigenvalue weighted by Crippen LogP contribution is 2.33. The summed E-state index contributed by atoms with van der Waals surface area (Å²) in [7, 11) is 0. The molecular weight excluding hydrogens is 402 g/mol. The Hall–Kier alpha value is -3.52. The number of nitrogens with zero attached hydrogens (tertiary/aromatic N) is 4. The molecule has 1 saturated heterocycles. The van der Waals surface area contributed by atoms with Crippen molar-refractivity contribution in [2.75, 3.05) is 18.8 Å². The summed E-state index contributed by atoms with van der Waals surface area (Å²) < 4.78 is 3.07. The molecule has 8 nitrogen and oxygen atoms in total. The van der Waals surface area contributed by atoms with E-state index in [2.05, 4.69) is 15.3 Å². The van der Waals surface area contributed by atoms with Crippen molar-refractivity contribution < 1.29 is 4.98 Å². The second-order valence-electron chi connectivity index (χ2n) is 8.58. The summed E-state index contributed by atoms with van der Waals surface area (Å²) in [5.41, 5.74) is 12.2. The summed E-state index contributed by atoms with van der Waals surface area (Å²) in [4.78, 5) is 21.1. The molecule has 1 aromatic carbocycles. The highest BCUT2D eigenvalue weighted by Gasteiger charge is 2.27. The molecule has 4 heterocycles. The van der Waals surface area contributed by atoms with E-state index in [-0.39, 0.29) is 11.6 Å². The summed E-state index contributed by atoms with van der Waals surface area (Å²) in [6.07, 6.45) is 2.07. The summed E-state index contributed by atoms with van der Waals surface area (Å²) in [6.45, 7) is 6.48. The summed E-state index contributed by atoms with van der Waals surface area (Å²) in [5, 5.41) is 8.19. The van der Waals surface area contributed by atoms with Gasteiger partial charge in [-0.3, -0.25) is 10.7 Å². The number of anilines is 1. The number of piperidine rings is 1. The zero-order valence-corrected chi connectivity index (χ0v) is 18.4. The second kappa shape index (κ2) is 8.20. The van der Waals surface area contributed by atoms with Gasteiger partial charge in [0.15, 0.2) is 0 Å². The topological polar surface area (TPSA) is 104 Å². The number of aromatic amines is 1. The van der Waals surface area contributed by atoms with Gasteiger partial charge in [-0.15, -0.1) is 9.50 Å². The van der Waals surface area contributed by atoms with Crippen LogP contribution >= 0.6 is 0 Å². The molecule has 0 saturated carbocycles. The number of hydrogen-bond acceptors (Lipinski definition) is 5. The summed E-state index contributed by atoms with van der Waals surface area (Å²) in [6, 6.07) is 14.0. The first-order valence-corrected chi connectivity index (χ1v) is 11.1. The van der Waals surface area contributed by atoms with Gasteiger partial charge in [-0.05, 0) is 63.4 Å². The number of pyridine rings is 1. The molecular formula is C24H28N7O+. The number of fused-ring (bicyclic) bond motifs is 1. The van der Waals surface area contributed by atoms with Gasteiger partial charge >= 0.3 is 11.6 Å². The Morgan fingerprint density at radius 3 is 2.47 bits per heavy atom. The Balaban J connectivity index is 1.77. The zero-order valence-electron chi connectivity index (χ0n) is 18.4. The fourth-order valence-electron chi connectivity index (χ4n) is 4.65. The van der Waals surface area contributed by atoms with Crippen LogP contribution < -0.4 is 21.7 Å². The van der Waals surface area contributed by atoms with Gasteiger partial charge in [-0.1, -0.05) is 30.3 Å². The number of aryl methyl sites for hydroxylation is 2. The van der Waals surface area contributed by atoms with Crippen LogP contribution in [-0.2, 0) is 6.54 Å². The van der Waals surface area contributed by atoms with Crippen molar-refractivity contribution in [1.82, 2.24) is 24.5 Å². The normalized spacial score (nSPS) is 14.8. The predicted octanol–water partition coefficient (Wildman–Crippen LogP) is 2.24. The van der Waals surface area contributed by atoms with Crippen molar-refractivity contribution in [1.29, 1.82) is 0 Å². The molecule has 4 N–H and O–H groups in total. The molecule has 164 valence electrons. The number of nitrogen functional groups attached to an aromatic ring is 1. The van der Waals surface area contributed by atoms with Crippen LogP contribution in [0.25, 0.3) is 28.0 Å². The van der Waals surface area contributed by atoms with E-state index in [9.17, 15) is 4.79 Å². The van der Waals surface area contributed by atoms with Crippen LogP contribution in [0.4, 0.5) is 5.95 Å². The Morgan fingerprint density at radius 1 is 1.09 bits per heavy atom. The molecule has 0 atom stereocenters. The van der Waals surface area contributed by atoms with Crippen molar-refractivity contribution in [3.05, 3.63) is 64.3 Å². The van der Waals surface area contributed by atoms with E-state index in [1.54, 1.807) is 4.68 Å². The first-order valence-electron chi connectivity index (χ1n) is 11.1. The minimum Gasteiger partial charge on any atom is -0.317 e. The Kier molecular flexibility index (Phi) is 5.22. The van der Waals surface area contributed by atoms with Crippen molar-refractivity contribution >= 4 is 11.6 Å². The third kappa shape index (κ3) is 3.67. The number of nitrogens with one attached hydrogen (secondary N) is 2. The van der Waals surface area contributed by atoms with Gasteiger partial charge in [0, 0.05) is 17.0 Å². The average Bonchev–Trinajstić information content (AvgIpc) is 3.10. The number of nitrogens with two attached hydrogens (primary N) is 1. The third-order valence-electron chi connectivity index (χ3n) is 6.13. The maximum atomic E-state index is 13.3. The maximum Gasteiger partial charge on any atom is 0.411 e. The molecule has 8 heteroatoms. The van der Waals surface area contributed by atoms with Crippen molar-refractivity contribution in [2.45, 2.75) is 33.2 Å². The molecule has 1 aliphatic rings. The van der Waals surface area contributed by atoms with Crippen LogP contribution in [0.15, 0.2) is 47.3 Å². The molecule has 0 aliphatic carbocycles. The van der Waals surface area contributed by atoms with E-state index in [1.807, 2.05) is 56.3 Å². The summed E-state index contributed by atoms with van der Waals surface area (Å²) >= 11 is 0. The molecule has 5 rings (SSSR count). The molecule has 4 aromatic rings. The van der Waals surface area contributed by atoms with Crippen LogP contribution in [-0.4, -0.2) is 32.3 Å². The van der Waals surface area contributed by atoms with E-state index in [0.29, 0.717) is 18.1 Å². The fraction of sp³-hybridized carbons (Fsp3) is 0.333. The standard InChI is InChI=1S/C24H27N7O/c1-15-12-19(13-16(2)27-15)20-21(18-6-4-3-5-7-18)28-23(25)31-22(20)29-30(24(31)32)14-17-8-10-26-11-9-17/h3-7,12-13,17,26H,8-11,14H2,1-2H3,(H2,25,28)/p+1. The molecule has 0 bridgehead atoms. The number of aromatic nitrogens is 5. The van der Waals surface area contributed by atoms with Crippen LogP contribution in [0.3, 0.4) is 0 Å². The molecule has 1 fully saturated rings. The first-order chi connectivity index (χ1) is 15.5. The highest BCUT2D eigenvalue weighted by molar-refractivity contribution is 5.88. The Bertz CT molecular complexity index is 1310. The zero-order chi connectivity index (χ0) is 22.2. The smallest absolute Gasteiger partial charge is 0.317 e. The SMILES string of the molecule is Cc1cc(-c2c(-c3ccccc3)[nH+]c(N)n3c(=O)n(CC4CCNCC4)nc23)cc(C)n1. The van der Waals surface area contributed by atoms with E-state index < -0.39 is 0 Å². The van der Waals surface area contributed by atoms with Gasteiger partial charge in [-0.25, -0.2) is 9.78 Å². The maximum absolute atomic E-state index is 13.3. The predicted molar refractivity (Wildman–Crippen MR) is 124 cm³/mol. The van der Waals surface area contributed by atoms with Crippen LogP contribution in [0.2, 0.25) is 0 Å². The molecule has 0 unspecified atom stereocenters. The van der Waals surface area contributed by atoms with E-state index in [0.717, 1.165) is 59.7 Å². The number of rotatable bonds is 4. The molecule has 0 amide bonds. The molecule has 32 heavy (non-hydrogen) atoms. The molecule has 0 spiro atoms. The van der Waals surface area contributed by atoms with E-state index >= 15 is 0 Å². The first kappa shape index (κ1) is 20.4. The average molecular weight is 431 g/mol. The van der Waals surface area contributed by atoms with E-state index in [4.69, 9.17) is 10.8 Å². The van der Waals surface area contributed by atoms with E-state index in [1.165, 1.54) is 4.40 Å². The number of hydrogen-bond donors (Lipinski definition) is 2. The van der Waals surface area contributed by atoms with Crippen LogP contribution in [0.1, 0.15) is 24.2 Å². The number of H-pyrrole nitrogens is 1. The van der Waals surface area contributed by atoms with Crippen molar-refractivity contribution in [3.63, 3.8) is 0 Å². The minimum atomic E-state index is -0.212. The minimum absolute atomic E-state index is 0.212. The Labute approximate surface area is 186 Å². The Morgan fingerprint density at radius 2 is 1.78 bits per heavy atom. The lowest BCUT2D eigenvalue weighted by atomic mass is 9.98. The van der Waals surface area contributed by atoms with Gasteiger partial charge in [0.05, 0.1) is 12.1 Å². The van der Waals surface area contributed by atoms with Gasteiger partial charge in [0.25, 0.3) is 0 Å². The second-order valence-corrected chi connectivity index (χ2v) is 8.58. The third-order valence-corrected chi connectivity index (χ3v) is 6.13. The van der Waals surface area contributed by atoms with Gasteiger partial charge < -0.3 is 5.32 Å². The highest BCUT2D eigenvalue weighted by atomic mass is 16.2. The van der Waals surface area contributed by atoms with Crippen molar-refractivity contribution in [3.8, 4) is 22.4 Å². The quantitative estimate of drug-likeness (QED) is 0.517. The lowest BCUT2D eigenvalue weighted by Gasteiger charge is -2.21. The summed E-state index contributed by atoms with van der Waals surface area (Å²) in [5.74, 6) is 0.693. The van der Waals surface area contributed by atoms with Crippen LogP contribution in [0, 0.1) is 19.8 Å². The number of benzene rings is 1. The monoisotopic (exact) mass is 430 g/mol. The van der Waals surface area contributed by atoms with Crippen LogP contribution in [0.5, 0.6) is 0 Å². The van der Waals surface area contributed by atoms with Gasteiger partial charge in [-0.2, -0.15) is 4.68 Å². The molecule has 1 aliphatic heterocycles.